The first-order valence-corrected chi connectivity index (χ1v) is 11.5. The number of piperazine rings is 1. The van der Waals surface area contributed by atoms with Crippen molar-refractivity contribution in [2.45, 2.75) is 56.5 Å². The van der Waals surface area contributed by atoms with Gasteiger partial charge in [0.2, 0.25) is 15.9 Å². The number of benzene rings is 1. The molecule has 0 N–H and O–H groups in total. The first-order chi connectivity index (χ1) is 13.3. The second kappa shape index (κ2) is 8.88. The molecule has 8 heteroatoms. The summed E-state index contributed by atoms with van der Waals surface area (Å²) in [6.45, 7) is 5.82. The zero-order valence-corrected chi connectivity index (χ0v) is 17.5. The fraction of sp³-hybridized carbons (Fsp3) is 0.650. The molecule has 0 radical (unpaired) electrons. The van der Waals surface area contributed by atoms with Crippen LogP contribution in [-0.2, 0) is 14.8 Å². The fourth-order valence-corrected chi connectivity index (χ4v) is 5.63. The van der Waals surface area contributed by atoms with E-state index in [1.807, 2.05) is 0 Å². The Balaban J connectivity index is 1.59. The Kier molecular flexibility index (Phi) is 6.73. The molecule has 1 aliphatic heterocycles. The van der Waals surface area contributed by atoms with E-state index in [2.05, 4.69) is 18.7 Å². The number of carbonyl (C=O) groups is 1. The van der Waals surface area contributed by atoms with Crippen molar-refractivity contribution in [3.05, 3.63) is 30.1 Å². The van der Waals surface area contributed by atoms with Gasteiger partial charge in [-0.25, -0.2) is 12.8 Å². The van der Waals surface area contributed by atoms with Gasteiger partial charge in [-0.1, -0.05) is 18.9 Å². The van der Waals surface area contributed by atoms with E-state index in [4.69, 9.17) is 0 Å². The van der Waals surface area contributed by atoms with Crippen molar-refractivity contribution >= 4 is 15.9 Å². The zero-order chi connectivity index (χ0) is 20.3. The van der Waals surface area contributed by atoms with Gasteiger partial charge in [-0.2, -0.15) is 4.31 Å². The van der Waals surface area contributed by atoms with Gasteiger partial charge in [0.25, 0.3) is 0 Å². The van der Waals surface area contributed by atoms with Gasteiger partial charge < -0.3 is 4.90 Å². The number of halogens is 1. The molecule has 1 amide bonds. The quantitative estimate of drug-likeness (QED) is 0.721. The van der Waals surface area contributed by atoms with Crippen molar-refractivity contribution in [1.82, 2.24) is 14.1 Å². The van der Waals surface area contributed by atoms with Crippen molar-refractivity contribution in [1.29, 1.82) is 0 Å². The third kappa shape index (κ3) is 4.72. The van der Waals surface area contributed by atoms with Crippen molar-refractivity contribution in [3.63, 3.8) is 0 Å². The normalized spacial score (nSPS) is 19.7. The topological polar surface area (TPSA) is 60.9 Å². The van der Waals surface area contributed by atoms with Crippen molar-refractivity contribution in [2.24, 2.45) is 0 Å². The molecule has 1 heterocycles. The van der Waals surface area contributed by atoms with Crippen LogP contribution in [0.2, 0.25) is 0 Å². The lowest BCUT2D eigenvalue weighted by molar-refractivity contribution is -0.134. The number of nitrogens with zero attached hydrogens (tertiary/aromatic N) is 3. The second-order valence-corrected chi connectivity index (χ2v) is 9.88. The van der Waals surface area contributed by atoms with Gasteiger partial charge in [-0.15, -0.1) is 0 Å². The van der Waals surface area contributed by atoms with Crippen LogP contribution in [-0.4, -0.2) is 73.2 Å². The first-order valence-electron chi connectivity index (χ1n) is 10.1. The Bertz CT molecular complexity index is 786. The number of hydrogen-bond donors (Lipinski definition) is 0. The van der Waals surface area contributed by atoms with Crippen LogP contribution in [0, 0.1) is 5.82 Å². The highest BCUT2D eigenvalue weighted by atomic mass is 32.2. The van der Waals surface area contributed by atoms with Crippen LogP contribution >= 0.6 is 0 Å². The fourth-order valence-electron chi connectivity index (χ4n) is 4.18. The smallest absolute Gasteiger partial charge is 0.243 e. The molecule has 0 unspecified atom stereocenters. The van der Waals surface area contributed by atoms with Crippen LogP contribution in [0.3, 0.4) is 0 Å². The van der Waals surface area contributed by atoms with E-state index in [-0.39, 0.29) is 23.9 Å². The highest BCUT2D eigenvalue weighted by Gasteiger charge is 2.32. The van der Waals surface area contributed by atoms with Crippen LogP contribution in [0.1, 0.15) is 39.5 Å². The molecule has 2 fully saturated rings. The van der Waals surface area contributed by atoms with E-state index >= 15 is 0 Å². The van der Waals surface area contributed by atoms with E-state index in [1.54, 1.807) is 4.90 Å². The third-order valence-corrected chi connectivity index (χ3v) is 7.69. The molecular weight excluding hydrogens is 381 g/mol. The van der Waals surface area contributed by atoms with Crippen LogP contribution in [0.5, 0.6) is 0 Å². The van der Waals surface area contributed by atoms with Crippen LogP contribution in [0.15, 0.2) is 29.2 Å². The number of amides is 1. The minimum Gasteiger partial charge on any atom is -0.339 e. The number of rotatable bonds is 6. The predicted molar refractivity (Wildman–Crippen MR) is 106 cm³/mol. The Morgan fingerprint density at radius 2 is 1.82 bits per heavy atom. The molecule has 2 aliphatic rings. The third-order valence-electron chi connectivity index (χ3n) is 5.80. The Morgan fingerprint density at radius 3 is 2.39 bits per heavy atom. The lowest BCUT2D eigenvalue weighted by Gasteiger charge is -2.37. The average molecular weight is 412 g/mol. The van der Waals surface area contributed by atoms with Gasteiger partial charge in [-0.05, 0) is 44.9 Å². The highest BCUT2D eigenvalue weighted by molar-refractivity contribution is 7.89. The average Bonchev–Trinajstić information content (AvgIpc) is 3.20. The molecular formula is C20H30FN3O3S. The Hall–Kier alpha value is -1.51. The summed E-state index contributed by atoms with van der Waals surface area (Å²) in [6.07, 6.45) is 4.73. The summed E-state index contributed by atoms with van der Waals surface area (Å²) >= 11 is 0. The molecule has 0 bridgehead atoms. The minimum absolute atomic E-state index is 0.0421. The second-order valence-electron chi connectivity index (χ2n) is 7.95. The van der Waals surface area contributed by atoms with Gasteiger partial charge in [0.05, 0.1) is 11.4 Å². The van der Waals surface area contributed by atoms with E-state index < -0.39 is 15.8 Å². The molecule has 156 valence electrons. The molecule has 28 heavy (non-hydrogen) atoms. The van der Waals surface area contributed by atoms with E-state index in [0.29, 0.717) is 31.7 Å². The van der Waals surface area contributed by atoms with Crippen molar-refractivity contribution in [2.75, 3.05) is 32.7 Å². The SMILES string of the molecule is CC(C)N(CC(=O)N1CCN(S(=O)(=O)c2cccc(F)c2)CC1)C1CCCC1. The maximum Gasteiger partial charge on any atom is 0.243 e. The molecule has 0 atom stereocenters. The van der Waals surface area contributed by atoms with Crippen LogP contribution < -0.4 is 0 Å². The molecule has 3 rings (SSSR count). The maximum absolute atomic E-state index is 13.4. The summed E-state index contributed by atoms with van der Waals surface area (Å²) in [5.41, 5.74) is 0. The standard InChI is InChI=1S/C20H30FN3O3S/c1-16(2)24(18-7-3-4-8-18)15-20(25)22-10-12-23(13-11-22)28(26,27)19-9-5-6-17(21)14-19/h5-6,9,14,16,18H,3-4,7-8,10-13,15H2,1-2H3. The first kappa shape index (κ1) is 21.2. The van der Waals surface area contributed by atoms with Crippen molar-refractivity contribution < 1.29 is 17.6 Å². The summed E-state index contributed by atoms with van der Waals surface area (Å²) < 4.78 is 40.2. The summed E-state index contributed by atoms with van der Waals surface area (Å²) in [5.74, 6) is -0.515. The molecule has 1 saturated carbocycles. The minimum atomic E-state index is -3.74. The monoisotopic (exact) mass is 411 g/mol. The molecule has 6 nitrogen and oxygen atoms in total. The Labute approximate surface area is 167 Å². The largest absolute Gasteiger partial charge is 0.339 e. The molecule has 0 aromatic heterocycles. The highest BCUT2D eigenvalue weighted by Crippen LogP contribution is 2.25. The van der Waals surface area contributed by atoms with Crippen molar-refractivity contribution in [3.8, 4) is 0 Å². The maximum atomic E-state index is 13.4. The molecule has 1 aromatic rings. The Morgan fingerprint density at radius 1 is 1.18 bits per heavy atom. The van der Waals surface area contributed by atoms with Gasteiger partial charge in [0.15, 0.2) is 0 Å². The van der Waals surface area contributed by atoms with Gasteiger partial charge >= 0.3 is 0 Å². The van der Waals surface area contributed by atoms with E-state index in [1.165, 1.54) is 35.3 Å². The zero-order valence-electron chi connectivity index (χ0n) is 16.7. The summed E-state index contributed by atoms with van der Waals surface area (Å²) in [6, 6.07) is 5.83. The van der Waals surface area contributed by atoms with Crippen LogP contribution in [0.4, 0.5) is 4.39 Å². The van der Waals surface area contributed by atoms with Gasteiger partial charge in [0, 0.05) is 38.3 Å². The number of sulfonamides is 1. The molecule has 1 aliphatic carbocycles. The predicted octanol–water partition coefficient (Wildman–Crippen LogP) is 2.31. The summed E-state index contributed by atoms with van der Waals surface area (Å²) in [4.78, 5) is 16.8. The lowest BCUT2D eigenvalue weighted by atomic mass is 10.1. The van der Waals surface area contributed by atoms with Crippen LogP contribution in [0.25, 0.3) is 0 Å². The van der Waals surface area contributed by atoms with E-state index in [0.717, 1.165) is 18.9 Å². The van der Waals surface area contributed by atoms with E-state index in [9.17, 15) is 17.6 Å². The molecule has 1 aromatic carbocycles. The summed E-state index contributed by atoms with van der Waals surface area (Å²) in [5, 5.41) is 0. The summed E-state index contributed by atoms with van der Waals surface area (Å²) in [7, 11) is -3.74. The van der Waals surface area contributed by atoms with Gasteiger partial charge in [0.1, 0.15) is 5.82 Å². The molecule has 0 spiro atoms. The number of carbonyl (C=O) groups excluding carboxylic acids is 1. The lowest BCUT2D eigenvalue weighted by Crippen LogP contribution is -2.54. The molecule has 1 saturated heterocycles. The number of hydrogen-bond acceptors (Lipinski definition) is 4. The van der Waals surface area contributed by atoms with Gasteiger partial charge in [-0.3, -0.25) is 9.69 Å².